The van der Waals surface area contributed by atoms with Gasteiger partial charge in [-0.1, -0.05) is 32.9 Å². The summed E-state index contributed by atoms with van der Waals surface area (Å²) in [5, 5.41) is 0.827. The molecule has 2 amide bonds. The molecule has 0 bridgehead atoms. The van der Waals surface area contributed by atoms with Crippen LogP contribution < -0.4 is 0 Å². The van der Waals surface area contributed by atoms with Crippen molar-refractivity contribution in [1.82, 2.24) is 5.06 Å². The molecule has 22 heavy (non-hydrogen) atoms. The second-order valence-corrected chi connectivity index (χ2v) is 10.4. The number of amides is 2. The topological polar surface area (TPSA) is 55.8 Å². The van der Waals surface area contributed by atoms with Crippen molar-refractivity contribution in [2.75, 3.05) is 25.7 Å². The fourth-order valence-electron chi connectivity index (χ4n) is 1.83. The average Bonchev–Trinajstić information content (AvgIpc) is 2.67. The smallest absolute Gasteiger partial charge is 0.285 e. The molecule has 0 atom stereocenters. The van der Waals surface area contributed by atoms with Crippen LogP contribution >= 0.6 is 10.3 Å². The Balaban J connectivity index is 1.90. The minimum Gasteiger partial charge on any atom is -0.334 e. The van der Waals surface area contributed by atoms with Gasteiger partial charge in [0.2, 0.25) is 0 Å². The zero-order chi connectivity index (χ0) is 16.5. The molecule has 6 heteroatoms. The Labute approximate surface area is 133 Å². The highest BCUT2D eigenvalue weighted by atomic mass is 32.3. The van der Waals surface area contributed by atoms with Crippen LogP contribution in [0, 0.1) is 0 Å². The minimum absolute atomic E-state index is 0.0581. The van der Waals surface area contributed by atoms with Gasteiger partial charge >= 0.3 is 0 Å². The SMILES string of the molecule is CC(C)(C)S(C)(C)OCCON1C(=O)c2ccccc2C1=O. The molecule has 0 saturated heterocycles. The van der Waals surface area contributed by atoms with E-state index in [1.807, 2.05) is 0 Å². The summed E-state index contributed by atoms with van der Waals surface area (Å²) in [6.45, 7) is 6.90. The predicted molar refractivity (Wildman–Crippen MR) is 88.0 cm³/mol. The third kappa shape index (κ3) is 3.19. The fourth-order valence-corrected chi connectivity index (χ4v) is 2.67. The van der Waals surface area contributed by atoms with E-state index in [0.29, 0.717) is 17.7 Å². The maximum Gasteiger partial charge on any atom is 0.285 e. The molecule has 1 aliphatic rings. The van der Waals surface area contributed by atoms with Crippen LogP contribution in [0.4, 0.5) is 0 Å². The van der Waals surface area contributed by atoms with Crippen molar-refractivity contribution in [3.63, 3.8) is 0 Å². The normalized spacial score (nSPS) is 16.1. The van der Waals surface area contributed by atoms with E-state index in [2.05, 4.69) is 33.3 Å². The third-order valence-corrected chi connectivity index (χ3v) is 7.62. The van der Waals surface area contributed by atoms with Crippen LogP contribution in [0.25, 0.3) is 0 Å². The molecule has 0 N–H and O–H groups in total. The monoisotopic (exact) mass is 325 g/mol. The molecule has 0 fully saturated rings. The summed E-state index contributed by atoms with van der Waals surface area (Å²) in [6.07, 6.45) is 4.18. The van der Waals surface area contributed by atoms with Gasteiger partial charge in [-0.2, -0.15) is 0 Å². The van der Waals surface area contributed by atoms with Crippen molar-refractivity contribution in [3.8, 4) is 0 Å². The number of rotatable bonds is 5. The zero-order valence-corrected chi connectivity index (χ0v) is 14.5. The largest absolute Gasteiger partial charge is 0.334 e. The first-order valence-corrected chi connectivity index (χ1v) is 9.50. The Bertz CT molecular complexity index is 557. The standard InChI is InChI=1S/C16H23NO4S/c1-16(2,3)22(4,5)21-11-10-20-17-14(18)12-8-6-7-9-13(12)15(17)19/h6-9H,10-11H2,1-5H3. The zero-order valence-electron chi connectivity index (χ0n) is 13.7. The lowest BCUT2D eigenvalue weighted by Gasteiger charge is -2.43. The van der Waals surface area contributed by atoms with E-state index < -0.39 is 22.1 Å². The van der Waals surface area contributed by atoms with Gasteiger partial charge in [0, 0.05) is 4.75 Å². The van der Waals surface area contributed by atoms with Gasteiger partial charge < -0.3 is 4.18 Å². The van der Waals surface area contributed by atoms with Crippen molar-refractivity contribution >= 4 is 22.1 Å². The predicted octanol–water partition coefficient (Wildman–Crippen LogP) is 3.01. The Morgan fingerprint density at radius 3 is 1.95 bits per heavy atom. The van der Waals surface area contributed by atoms with Crippen LogP contribution in [0.15, 0.2) is 24.3 Å². The van der Waals surface area contributed by atoms with Crippen molar-refractivity contribution in [2.24, 2.45) is 0 Å². The van der Waals surface area contributed by atoms with Gasteiger partial charge in [-0.15, -0.1) is 15.4 Å². The molecule has 1 aromatic carbocycles. The van der Waals surface area contributed by atoms with Crippen LogP contribution in [-0.2, 0) is 9.02 Å². The molecule has 122 valence electrons. The number of imide groups is 1. The second kappa shape index (κ2) is 6.02. The molecule has 0 radical (unpaired) electrons. The molecule has 5 nitrogen and oxygen atoms in total. The lowest BCUT2D eigenvalue weighted by molar-refractivity contribution is -0.0969. The van der Waals surface area contributed by atoms with Gasteiger partial charge in [-0.05, 0) is 24.6 Å². The Hall–Kier alpha value is -1.37. The van der Waals surface area contributed by atoms with E-state index in [1.165, 1.54) is 0 Å². The average molecular weight is 325 g/mol. The molecular formula is C16H23NO4S. The third-order valence-electron chi connectivity index (χ3n) is 3.91. The Kier molecular flexibility index (Phi) is 4.65. The number of benzene rings is 1. The molecule has 0 aliphatic carbocycles. The van der Waals surface area contributed by atoms with Crippen molar-refractivity contribution in [3.05, 3.63) is 35.4 Å². The number of hydrogen-bond donors (Lipinski definition) is 0. The van der Waals surface area contributed by atoms with Crippen molar-refractivity contribution in [2.45, 2.75) is 25.5 Å². The number of hydroxylamine groups is 2. The first-order valence-electron chi connectivity index (χ1n) is 7.13. The van der Waals surface area contributed by atoms with Crippen LogP contribution in [0.2, 0.25) is 0 Å². The molecule has 0 unspecified atom stereocenters. The van der Waals surface area contributed by atoms with E-state index in [4.69, 9.17) is 9.02 Å². The summed E-state index contributed by atoms with van der Waals surface area (Å²) in [6, 6.07) is 6.71. The number of hydrogen-bond acceptors (Lipinski definition) is 4. The summed E-state index contributed by atoms with van der Waals surface area (Å²) >= 11 is 0. The molecule has 0 spiro atoms. The van der Waals surface area contributed by atoms with Crippen LogP contribution in [0.5, 0.6) is 0 Å². The Morgan fingerprint density at radius 1 is 1.00 bits per heavy atom. The number of nitrogens with zero attached hydrogens (tertiary/aromatic N) is 1. The lowest BCUT2D eigenvalue weighted by Crippen LogP contribution is -2.32. The first kappa shape index (κ1) is 17.0. The van der Waals surface area contributed by atoms with E-state index in [0.717, 1.165) is 5.06 Å². The second-order valence-electron chi connectivity index (χ2n) is 6.45. The van der Waals surface area contributed by atoms with Gasteiger partial charge in [0.1, 0.15) is 6.61 Å². The molecule has 0 saturated carbocycles. The number of carbonyl (C=O) groups is 2. The minimum atomic E-state index is -1.24. The first-order chi connectivity index (χ1) is 10.1. The summed E-state index contributed by atoms with van der Waals surface area (Å²) in [7, 11) is -1.24. The molecular weight excluding hydrogens is 302 g/mol. The van der Waals surface area contributed by atoms with E-state index in [1.54, 1.807) is 24.3 Å². The lowest BCUT2D eigenvalue weighted by atomic mass is 10.1. The van der Waals surface area contributed by atoms with Crippen molar-refractivity contribution in [1.29, 1.82) is 0 Å². The summed E-state index contributed by atoms with van der Waals surface area (Å²) in [4.78, 5) is 29.5. The molecule has 1 heterocycles. The quantitative estimate of drug-likeness (QED) is 0.617. The van der Waals surface area contributed by atoms with Crippen LogP contribution in [-0.4, -0.2) is 47.3 Å². The highest BCUT2D eigenvalue weighted by Gasteiger charge is 2.36. The van der Waals surface area contributed by atoms with Crippen molar-refractivity contribution < 1.29 is 18.6 Å². The van der Waals surface area contributed by atoms with E-state index >= 15 is 0 Å². The molecule has 2 rings (SSSR count). The van der Waals surface area contributed by atoms with Gasteiger partial charge in [0.25, 0.3) is 11.8 Å². The van der Waals surface area contributed by atoms with Crippen LogP contribution in [0.1, 0.15) is 41.5 Å². The Morgan fingerprint density at radius 2 is 1.50 bits per heavy atom. The van der Waals surface area contributed by atoms with Gasteiger partial charge in [0.05, 0.1) is 17.7 Å². The number of carbonyl (C=O) groups excluding carboxylic acids is 2. The van der Waals surface area contributed by atoms with Gasteiger partial charge in [0.15, 0.2) is 0 Å². The van der Waals surface area contributed by atoms with Crippen LogP contribution in [0.3, 0.4) is 0 Å². The fraction of sp³-hybridized carbons (Fsp3) is 0.500. The molecule has 1 aromatic rings. The van der Waals surface area contributed by atoms with Gasteiger partial charge in [-0.25, -0.2) is 0 Å². The summed E-state index contributed by atoms with van der Waals surface area (Å²) in [5.74, 6) is -0.828. The molecule has 0 aromatic heterocycles. The maximum absolute atomic E-state index is 12.1. The highest BCUT2D eigenvalue weighted by Crippen LogP contribution is 2.53. The summed E-state index contributed by atoms with van der Waals surface area (Å²) in [5.41, 5.74) is 0.767. The highest BCUT2D eigenvalue weighted by molar-refractivity contribution is 8.29. The van der Waals surface area contributed by atoms with Gasteiger partial charge in [-0.3, -0.25) is 14.4 Å². The maximum atomic E-state index is 12.1. The number of fused-ring (bicyclic) bond motifs is 1. The summed E-state index contributed by atoms with van der Waals surface area (Å²) < 4.78 is 5.97. The van der Waals surface area contributed by atoms with E-state index in [-0.39, 0.29) is 11.4 Å². The van der Waals surface area contributed by atoms with E-state index in [9.17, 15) is 9.59 Å². The molecule has 1 aliphatic heterocycles.